The number of H-pyrrole nitrogens is 1. The molecule has 0 aliphatic heterocycles. The number of anilines is 1. The molecule has 3 rings (SSSR count). The second-order valence-electron chi connectivity index (χ2n) is 5.16. The summed E-state index contributed by atoms with van der Waals surface area (Å²) in [6, 6.07) is 5.81. The Morgan fingerprint density at radius 3 is 3.00 bits per heavy atom. The first kappa shape index (κ1) is 14.9. The highest BCUT2D eigenvalue weighted by atomic mass is 19.1. The first-order chi connectivity index (χ1) is 11.0. The second kappa shape index (κ2) is 5.99. The van der Waals surface area contributed by atoms with Crippen molar-refractivity contribution in [2.45, 2.75) is 13.3 Å². The third-order valence-corrected chi connectivity index (χ3v) is 3.35. The van der Waals surface area contributed by atoms with E-state index in [1.165, 1.54) is 18.2 Å². The Kier molecular flexibility index (Phi) is 3.88. The van der Waals surface area contributed by atoms with Crippen molar-refractivity contribution in [3.8, 4) is 0 Å². The van der Waals surface area contributed by atoms with Crippen molar-refractivity contribution in [3.63, 3.8) is 0 Å². The lowest BCUT2D eigenvalue weighted by Gasteiger charge is -2.05. The molecule has 1 aromatic carbocycles. The number of aromatic nitrogens is 3. The molecule has 2 N–H and O–H groups in total. The van der Waals surface area contributed by atoms with Crippen molar-refractivity contribution in [3.05, 3.63) is 57.8 Å². The van der Waals surface area contributed by atoms with Gasteiger partial charge in [0.15, 0.2) is 0 Å². The van der Waals surface area contributed by atoms with E-state index in [0.717, 1.165) is 5.56 Å². The summed E-state index contributed by atoms with van der Waals surface area (Å²) >= 11 is 0. The van der Waals surface area contributed by atoms with Crippen LogP contribution in [0.15, 0.2) is 30.5 Å². The zero-order chi connectivity index (χ0) is 16.4. The summed E-state index contributed by atoms with van der Waals surface area (Å²) in [6.45, 7) is 2.16. The Morgan fingerprint density at radius 2 is 2.22 bits per heavy atom. The number of hydrogen-bond donors (Lipinski definition) is 2. The monoisotopic (exact) mass is 315 g/mol. The molecule has 3 aromatic rings. The molecule has 2 heterocycles. The molecule has 0 radical (unpaired) electrons. The molecule has 0 amide bonds. The molecule has 0 unspecified atom stereocenters. The van der Waals surface area contributed by atoms with Crippen LogP contribution in [0.4, 0.5) is 15.9 Å². The van der Waals surface area contributed by atoms with Crippen molar-refractivity contribution in [2.24, 2.45) is 0 Å². The van der Waals surface area contributed by atoms with Crippen LogP contribution in [-0.4, -0.2) is 26.4 Å². The number of imidazole rings is 1. The number of nitrogens with zero attached hydrogens (tertiary/aromatic N) is 3. The molecule has 118 valence electrons. The van der Waals surface area contributed by atoms with Crippen LogP contribution in [0.2, 0.25) is 0 Å². The van der Waals surface area contributed by atoms with Gasteiger partial charge in [-0.15, -0.1) is 0 Å². The van der Waals surface area contributed by atoms with E-state index >= 15 is 0 Å². The van der Waals surface area contributed by atoms with Gasteiger partial charge in [0.05, 0.1) is 16.0 Å². The highest BCUT2D eigenvalue weighted by Crippen LogP contribution is 2.22. The van der Waals surface area contributed by atoms with Gasteiger partial charge in [-0.3, -0.25) is 10.1 Å². The Bertz CT molecular complexity index is 877. The van der Waals surface area contributed by atoms with Gasteiger partial charge in [0.1, 0.15) is 11.6 Å². The van der Waals surface area contributed by atoms with E-state index in [-0.39, 0.29) is 17.3 Å². The van der Waals surface area contributed by atoms with Gasteiger partial charge in [-0.2, -0.15) is 0 Å². The van der Waals surface area contributed by atoms with Crippen molar-refractivity contribution in [1.29, 1.82) is 0 Å². The fourth-order valence-electron chi connectivity index (χ4n) is 2.28. The minimum Gasteiger partial charge on any atom is -0.364 e. The van der Waals surface area contributed by atoms with E-state index in [0.29, 0.717) is 29.8 Å². The molecule has 0 spiro atoms. The topological polar surface area (TPSA) is 96.7 Å². The normalized spacial score (nSPS) is 10.9. The Labute approximate surface area is 130 Å². The first-order valence-corrected chi connectivity index (χ1v) is 7.02. The van der Waals surface area contributed by atoms with Crippen LogP contribution in [0.5, 0.6) is 0 Å². The van der Waals surface area contributed by atoms with Gasteiger partial charge in [-0.05, 0) is 30.7 Å². The number of hydrogen-bond acceptors (Lipinski definition) is 5. The lowest BCUT2D eigenvalue weighted by molar-refractivity contribution is -0.384. The Morgan fingerprint density at radius 1 is 1.39 bits per heavy atom. The summed E-state index contributed by atoms with van der Waals surface area (Å²) in [5, 5.41) is 14.0. The maximum Gasteiger partial charge on any atom is 0.311 e. The predicted octanol–water partition coefficient (Wildman–Crippen LogP) is 2.97. The van der Waals surface area contributed by atoms with Crippen LogP contribution < -0.4 is 5.32 Å². The fraction of sp³-hybridized carbons (Fsp3) is 0.200. The highest BCUT2D eigenvalue weighted by Gasteiger charge is 2.15. The lowest BCUT2D eigenvalue weighted by Crippen LogP contribution is -2.09. The van der Waals surface area contributed by atoms with Crippen LogP contribution in [0.1, 0.15) is 11.4 Å². The number of fused-ring (bicyclic) bond motifs is 1. The number of nitrogens with one attached hydrogen (secondary N) is 2. The van der Waals surface area contributed by atoms with Crippen LogP contribution >= 0.6 is 0 Å². The molecule has 0 aliphatic carbocycles. The lowest BCUT2D eigenvalue weighted by atomic mass is 10.3. The largest absolute Gasteiger partial charge is 0.364 e. The summed E-state index contributed by atoms with van der Waals surface area (Å²) < 4.78 is 13.1. The number of aryl methyl sites for hydroxylation is 1. The molecule has 0 fully saturated rings. The number of aromatic amines is 1. The molecule has 0 saturated heterocycles. The summed E-state index contributed by atoms with van der Waals surface area (Å²) in [7, 11) is 0. The number of halogens is 1. The van der Waals surface area contributed by atoms with Crippen LogP contribution in [0.3, 0.4) is 0 Å². The van der Waals surface area contributed by atoms with E-state index in [2.05, 4.69) is 20.3 Å². The first-order valence-electron chi connectivity index (χ1n) is 7.02. The molecule has 2 aromatic heterocycles. The van der Waals surface area contributed by atoms with Crippen molar-refractivity contribution in [2.75, 3.05) is 11.9 Å². The molecular weight excluding hydrogens is 301 g/mol. The van der Waals surface area contributed by atoms with Gasteiger partial charge >= 0.3 is 5.69 Å². The fourth-order valence-corrected chi connectivity index (χ4v) is 2.28. The summed E-state index contributed by atoms with van der Waals surface area (Å²) in [5.74, 6) is 0.570. The van der Waals surface area contributed by atoms with Gasteiger partial charge in [0.25, 0.3) is 0 Å². The Hall–Kier alpha value is -3.03. The van der Waals surface area contributed by atoms with Crippen LogP contribution in [0.25, 0.3) is 11.0 Å². The van der Waals surface area contributed by atoms with Gasteiger partial charge in [0, 0.05) is 25.2 Å². The third-order valence-electron chi connectivity index (χ3n) is 3.35. The number of benzene rings is 1. The summed E-state index contributed by atoms with van der Waals surface area (Å²) in [4.78, 5) is 22.0. The smallest absolute Gasteiger partial charge is 0.311 e. The number of rotatable bonds is 5. The van der Waals surface area contributed by atoms with Crippen molar-refractivity contribution in [1.82, 2.24) is 15.0 Å². The second-order valence-corrected chi connectivity index (χ2v) is 5.16. The van der Waals surface area contributed by atoms with Crippen molar-refractivity contribution >= 4 is 22.5 Å². The zero-order valence-corrected chi connectivity index (χ0v) is 12.3. The van der Waals surface area contributed by atoms with E-state index < -0.39 is 4.92 Å². The van der Waals surface area contributed by atoms with E-state index in [1.807, 2.05) is 0 Å². The van der Waals surface area contributed by atoms with Gasteiger partial charge in [0.2, 0.25) is 5.82 Å². The minimum atomic E-state index is -0.466. The van der Waals surface area contributed by atoms with Gasteiger partial charge < -0.3 is 10.3 Å². The average molecular weight is 315 g/mol. The van der Waals surface area contributed by atoms with Gasteiger partial charge in [-0.25, -0.2) is 14.4 Å². The standard InChI is InChI=1S/C15H14FN5O2/c1-9-6-13(21(22)23)15(18-8-9)17-5-4-14-19-11-3-2-10(16)7-12(11)20-14/h2-3,6-8H,4-5H2,1H3,(H,17,18)(H,19,20). The number of pyridine rings is 1. The molecular formula is C15H14FN5O2. The molecule has 7 nitrogen and oxygen atoms in total. The quantitative estimate of drug-likeness (QED) is 0.557. The third kappa shape index (κ3) is 3.25. The highest BCUT2D eigenvalue weighted by molar-refractivity contribution is 5.74. The van der Waals surface area contributed by atoms with Crippen LogP contribution in [0, 0.1) is 22.9 Å². The molecule has 0 bridgehead atoms. The summed E-state index contributed by atoms with van der Waals surface area (Å²) in [5.41, 5.74) is 1.97. The predicted molar refractivity (Wildman–Crippen MR) is 83.9 cm³/mol. The molecule has 23 heavy (non-hydrogen) atoms. The maximum atomic E-state index is 13.1. The minimum absolute atomic E-state index is 0.0586. The number of nitro groups is 1. The maximum absolute atomic E-state index is 13.1. The average Bonchev–Trinajstić information content (AvgIpc) is 2.90. The zero-order valence-electron chi connectivity index (χ0n) is 12.3. The van der Waals surface area contributed by atoms with E-state index in [9.17, 15) is 14.5 Å². The molecule has 8 heteroatoms. The Balaban J connectivity index is 1.70. The summed E-state index contributed by atoms with van der Waals surface area (Å²) in [6.07, 6.45) is 2.07. The van der Waals surface area contributed by atoms with Crippen LogP contribution in [-0.2, 0) is 6.42 Å². The van der Waals surface area contributed by atoms with Crippen molar-refractivity contribution < 1.29 is 9.31 Å². The SMILES string of the molecule is Cc1cnc(NCCc2nc3ccc(F)cc3[nH]2)c([N+](=O)[O-])c1. The van der Waals surface area contributed by atoms with E-state index in [1.54, 1.807) is 19.2 Å². The molecule has 0 saturated carbocycles. The van der Waals surface area contributed by atoms with E-state index in [4.69, 9.17) is 0 Å². The molecule has 0 atom stereocenters. The molecule has 0 aliphatic rings. The van der Waals surface area contributed by atoms with Gasteiger partial charge in [-0.1, -0.05) is 0 Å².